The molecule has 27 heavy (non-hydrogen) atoms. The molecule has 2 fully saturated rings. The smallest absolute Gasteiger partial charge is 0.408 e. The van der Waals surface area contributed by atoms with E-state index in [0.717, 1.165) is 11.3 Å². The van der Waals surface area contributed by atoms with E-state index in [9.17, 15) is 23.5 Å². The van der Waals surface area contributed by atoms with Crippen molar-refractivity contribution in [1.29, 1.82) is 0 Å². The van der Waals surface area contributed by atoms with Crippen LogP contribution in [0.5, 0.6) is 0 Å². The topological polar surface area (TPSA) is 69.6 Å². The number of carboxylic acid groups (broad SMARTS) is 1. The molecule has 1 heterocycles. The molecular formula is C19H26F2N2O3S. The number of alkyl halides is 2. The Morgan fingerprint density at radius 1 is 1.30 bits per heavy atom. The molecule has 0 radical (unpaired) electrons. The first kappa shape index (κ1) is 20.0. The molecule has 0 bridgehead atoms. The van der Waals surface area contributed by atoms with Crippen molar-refractivity contribution in [2.45, 2.75) is 82.3 Å². The zero-order valence-corrected chi connectivity index (χ0v) is 16.6. The molecule has 1 aromatic rings. The fraction of sp³-hybridized carbons (Fsp3) is 0.684. The second kappa shape index (κ2) is 7.04. The molecule has 2 atom stereocenters. The summed E-state index contributed by atoms with van der Waals surface area (Å²) in [5, 5.41) is 14.1. The Balaban J connectivity index is 1.59. The SMILES string of the molecule is CC(C)(C)N(C(=O)O)[C@@H]1C[C@H]1c1cc(C(=O)NC2CCC(F)(F)CC2)cs1. The molecular weight excluding hydrogens is 374 g/mol. The van der Waals surface area contributed by atoms with Crippen molar-refractivity contribution < 1.29 is 23.5 Å². The Bertz CT molecular complexity index is 719. The normalized spacial score (nSPS) is 25.1. The zero-order valence-electron chi connectivity index (χ0n) is 15.8. The number of nitrogens with zero attached hydrogens (tertiary/aromatic N) is 1. The summed E-state index contributed by atoms with van der Waals surface area (Å²) in [7, 11) is 0. The van der Waals surface area contributed by atoms with Crippen molar-refractivity contribution in [2.75, 3.05) is 0 Å². The minimum atomic E-state index is -2.61. The number of halogens is 2. The third-order valence-corrected chi connectivity index (χ3v) is 6.38. The van der Waals surface area contributed by atoms with Crippen LogP contribution in [0.3, 0.4) is 0 Å². The lowest BCUT2D eigenvalue weighted by Crippen LogP contribution is -2.46. The van der Waals surface area contributed by atoms with Gasteiger partial charge in [-0.3, -0.25) is 9.69 Å². The molecule has 3 rings (SSSR count). The summed E-state index contributed by atoms with van der Waals surface area (Å²) in [4.78, 5) is 26.5. The van der Waals surface area contributed by atoms with Gasteiger partial charge in [0.25, 0.3) is 5.91 Å². The Kier molecular flexibility index (Phi) is 5.22. The van der Waals surface area contributed by atoms with Crippen LogP contribution in [-0.2, 0) is 0 Å². The van der Waals surface area contributed by atoms with Gasteiger partial charge in [-0.15, -0.1) is 11.3 Å². The fourth-order valence-corrected chi connectivity index (χ4v) is 4.88. The summed E-state index contributed by atoms with van der Waals surface area (Å²) in [6.07, 6.45) is 0.0313. The van der Waals surface area contributed by atoms with Gasteiger partial charge >= 0.3 is 6.09 Å². The summed E-state index contributed by atoms with van der Waals surface area (Å²) in [5.41, 5.74) is 0.0433. The summed E-state index contributed by atoms with van der Waals surface area (Å²) in [6.45, 7) is 5.62. The van der Waals surface area contributed by atoms with E-state index in [-0.39, 0.29) is 36.8 Å². The minimum absolute atomic E-state index is 0.0716. The second-order valence-corrected chi connectivity index (χ2v) is 9.52. The minimum Gasteiger partial charge on any atom is -0.465 e. The van der Waals surface area contributed by atoms with E-state index >= 15 is 0 Å². The number of hydrogen-bond donors (Lipinski definition) is 2. The van der Waals surface area contributed by atoms with Gasteiger partial charge in [-0.25, -0.2) is 13.6 Å². The van der Waals surface area contributed by atoms with Gasteiger partial charge in [-0.1, -0.05) is 0 Å². The molecule has 1 aromatic heterocycles. The first-order valence-electron chi connectivity index (χ1n) is 9.27. The number of thiophene rings is 1. The molecule has 8 heteroatoms. The molecule has 2 saturated carbocycles. The first-order valence-corrected chi connectivity index (χ1v) is 10.2. The van der Waals surface area contributed by atoms with Crippen LogP contribution in [0.25, 0.3) is 0 Å². The summed E-state index contributed by atoms with van der Waals surface area (Å²) in [6, 6.07) is 1.53. The van der Waals surface area contributed by atoms with Crippen LogP contribution in [0.4, 0.5) is 13.6 Å². The summed E-state index contributed by atoms with van der Waals surface area (Å²) in [5.74, 6) is -2.74. The van der Waals surface area contributed by atoms with E-state index in [1.165, 1.54) is 16.2 Å². The Labute approximate surface area is 161 Å². The third-order valence-electron chi connectivity index (χ3n) is 5.32. The molecule has 2 aliphatic carbocycles. The van der Waals surface area contributed by atoms with Crippen molar-refractivity contribution in [3.8, 4) is 0 Å². The van der Waals surface area contributed by atoms with Crippen LogP contribution in [0.2, 0.25) is 0 Å². The van der Waals surface area contributed by atoms with Crippen molar-refractivity contribution in [3.63, 3.8) is 0 Å². The van der Waals surface area contributed by atoms with Gasteiger partial charge in [0.15, 0.2) is 0 Å². The number of carbonyl (C=O) groups excluding carboxylic acids is 1. The van der Waals surface area contributed by atoms with Gasteiger partial charge in [-0.05, 0) is 46.1 Å². The molecule has 0 spiro atoms. The maximum Gasteiger partial charge on any atom is 0.408 e. The van der Waals surface area contributed by atoms with Crippen LogP contribution in [0.15, 0.2) is 11.4 Å². The summed E-state index contributed by atoms with van der Waals surface area (Å²) >= 11 is 1.45. The fourth-order valence-electron chi connectivity index (χ4n) is 3.82. The van der Waals surface area contributed by atoms with Crippen molar-refractivity contribution in [3.05, 3.63) is 21.9 Å². The van der Waals surface area contributed by atoms with Crippen molar-refractivity contribution in [1.82, 2.24) is 10.2 Å². The van der Waals surface area contributed by atoms with E-state index in [0.29, 0.717) is 18.4 Å². The van der Waals surface area contributed by atoms with Crippen LogP contribution < -0.4 is 5.32 Å². The Hall–Kier alpha value is -1.70. The van der Waals surface area contributed by atoms with E-state index in [4.69, 9.17) is 0 Å². The quantitative estimate of drug-likeness (QED) is 0.770. The Morgan fingerprint density at radius 2 is 1.93 bits per heavy atom. The summed E-state index contributed by atoms with van der Waals surface area (Å²) < 4.78 is 26.4. The van der Waals surface area contributed by atoms with Crippen LogP contribution >= 0.6 is 11.3 Å². The highest BCUT2D eigenvalue weighted by Gasteiger charge is 2.49. The molecule has 2 aliphatic rings. The van der Waals surface area contributed by atoms with Gasteiger partial charge in [-0.2, -0.15) is 0 Å². The largest absolute Gasteiger partial charge is 0.465 e. The predicted molar refractivity (Wildman–Crippen MR) is 99.8 cm³/mol. The lowest BCUT2D eigenvalue weighted by Gasteiger charge is -2.33. The van der Waals surface area contributed by atoms with Crippen molar-refractivity contribution in [2.24, 2.45) is 0 Å². The standard InChI is InChI=1S/C19H26F2N2O3S/c1-18(2,3)23(17(25)26)14-9-13(14)15-8-11(10-27-15)16(24)22-12-4-6-19(20,21)7-5-12/h8,10,12-14H,4-7,9H2,1-3H3,(H,22,24)(H,25,26)/t13-,14-/m1/s1. The highest BCUT2D eigenvalue weighted by Crippen LogP contribution is 2.49. The monoisotopic (exact) mass is 400 g/mol. The zero-order chi connectivity index (χ0) is 20.0. The van der Waals surface area contributed by atoms with Crippen LogP contribution in [0, 0.1) is 0 Å². The second-order valence-electron chi connectivity index (χ2n) is 8.57. The molecule has 150 valence electrons. The third kappa shape index (κ3) is 4.59. The number of hydrogen-bond acceptors (Lipinski definition) is 3. The average molecular weight is 400 g/mol. The Morgan fingerprint density at radius 3 is 2.48 bits per heavy atom. The first-order chi connectivity index (χ1) is 12.5. The number of amides is 2. The van der Waals surface area contributed by atoms with Crippen LogP contribution in [-0.4, -0.2) is 45.6 Å². The van der Waals surface area contributed by atoms with Gasteiger partial charge in [0.1, 0.15) is 0 Å². The number of rotatable bonds is 4. The number of carbonyl (C=O) groups is 2. The molecule has 0 aliphatic heterocycles. The molecule has 2 amide bonds. The van der Waals surface area contributed by atoms with Crippen LogP contribution in [0.1, 0.15) is 74.0 Å². The van der Waals surface area contributed by atoms with Gasteiger partial charge in [0.05, 0.1) is 5.56 Å². The van der Waals surface area contributed by atoms with Crippen molar-refractivity contribution >= 4 is 23.3 Å². The maximum atomic E-state index is 13.2. The molecule has 0 aromatic carbocycles. The average Bonchev–Trinajstić information content (AvgIpc) is 3.12. The highest BCUT2D eigenvalue weighted by molar-refractivity contribution is 7.10. The molecule has 0 saturated heterocycles. The van der Waals surface area contributed by atoms with Gasteiger partial charge in [0, 0.05) is 46.6 Å². The molecule has 5 nitrogen and oxygen atoms in total. The van der Waals surface area contributed by atoms with E-state index in [2.05, 4.69) is 5.32 Å². The van der Waals surface area contributed by atoms with E-state index in [1.54, 1.807) is 5.38 Å². The maximum absolute atomic E-state index is 13.2. The molecule has 0 unspecified atom stereocenters. The van der Waals surface area contributed by atoms with Gasteiger partial charge in [0.2, 0.25) is 5.92 Å². The predicted octanol–water partition coefficient (Wildman–Crippen LogP) is 4.69. The highest BCUT2D eigenvalue weighted by atomic mass is 32.1. The van der Waals surface area contributed by atoms with E-state index < -0.39 is 17.6 Å². The lowest BCUT2D eigenvalue weighted by molar-refractivity contribution is -0.0399. The molecule has 2 N–H and O–H groups in total. The number of nitrogens with one attached hydrogen (secondary N) is 1. The van der Waals surface area contributed by atoms with Gasteiger partial charge < -0.3 is 10.4 Å². The van der Waals surface area contributed by atoms with E-state index in [1.807, 2.05) is 26.8 Å². The lowest BCUT2D eigenvalue weighted by atomic mass is 9.92.